The second-order valence-corrected chi connectivity index (χ2v) is 9.64. The van der Waals surface area contributed by atoms with Gasteiger partial charge in [-0.05, 0) is 55.2 Å². The van der Waals surface area contributed by atoms with Crippen LogP contribution in [0.2, 0.25) is 0 Å². The summed E-state index contributed by atoms with van der Waals surface area (Å²) in [4.78, 5) is 28.0. The zero-order chi connectivity index (χ0) is 23.5. The first-order valence-corrected chi connectivity index (χ1v) is 12.9. The Balaban J connectivity index is 2.15. The molecule has 7 heteroatoms. The Labute approximate surface area is 204 Å². The minimum Gasteiger partial charge on any atom is -0.497 e. The van der Waals surface area contributed by atoms with Gasteiger partial charge < -0.3 is 15.0 Å². The maximum absolute atomic E-state index is 13.3. The Hall–Kier alpha value is -1.99. The van der Waals surface area contributed by atoms with Gasteiger partial charge in [-0.1, -0.05) is 54.0 Å². The van der Waals surface area contributed by atoms with Crippen molar-refractivity contribution in [3.63, 3.8) is 0 Å². The summed E-state index contributed by atoms with van der Waals surface area (Å²) < 4.78 is 6.36. The molecule has 0 fully saturated rings. The number of nitrogens with zero attached hydrogens (tertiary/aromatic N) is 1. The summed E-state index contributed by atoms with van der Waals surface area (Å²) in [6, 6.07) is 15.3. The molecule has 0 saturated heterocycles. The van der Waals surface area contributed by atoms with Crippen LogP contribution in [0.15, 0.2) is 53.0 Å². The minimum absolute atomic E-state index is 0.0407. The zero-order valence-corrected chi connectivity index (χ0v) is 21.7. The minimum atomic E-state index is -0.518. The number of ether oxygens (including phenoxy) is 1. The van der Waals surface area contributed by atoms with Gasteiger partial charge in [-0.25, -0.2) is 0 Å². The first kappa shape index (κ1) is 26.3. The van der Waals surface area contributed by atoms with Crippen LogP contribution in [0.4, 0.5) is 0 Å². The van der Waals surface area contributed by atoms with Crippen LogP contribution >= 0.6 is 27.7 Å². The Kier molecular flexibility index (Phi) is 11.1. The van der Waals surface area contributed by atoms with Gasteiger partial charge in [0, 0.05) is 22.8 Å². The second kappa shape index (κ2) is 13.5. The molecule has 5 nitrogen and oxygen atoms in total. The van der Waals surface area contributed by atoms with Gasteiger partial charge in [-0.15, -0.1) is 11.8 Å². The highest BCUT2D eigenvalue weighted by Gasteiger charge is 2.29. The standard InChI is InChI=1S/C25H33BrN2O3S/c1-5-18(3)27-25(30)23(6-2)28(15-20-8-7-9-22(14-20)31-4)24(29)17-32-16-19-10-12-21(26)13-11-19/h7-14,18,23H,5-6,15-17H2,1-4H3,(H,27,30). The molecule has 0 radical (unpaired) electrons. The van der Waals surface area contributed by atoms with Gasteiger partial charge >= 0.3 is 0 Å². The van der Waals surface area contributed by atoms with Crippen LogP contribution in [-0.2, 0) is 21.9 Å². The van der Waals surface area contributed by atoms with Crippen molar-refractivity contribution in [1.82, 2.24) is 10.2 Å². The molecule has 2 atom stereocenters. The fourth-order valence-electron chi connectivity index (χ4n) is 3.25. The smallest absolute Gasteiger partial charge is 0.243 e. The Morgan fingerprint density at radius 3 is 2.44 bits per heavy atom. The third-order valence-electron chi connectivity index (χ3n) is 5.28. The average molecular weight is 522 g/mol. The molecule has 0 aliphatic heterocycles. The molecule has 2 aromatic carbocycles. The number of halogens is 1. The van der Waals surface area contributed by atoms with Gasteiger partial charge in [0.1, 0.15) is 11.8 Å². The quantitative estimate of drug-likeness (QED) is 0.406. The fourth-order valence-corrected chi connectivity index (χ4v) is 4.38. The van der Waals surface area contributed by atoms with E-state index < -0.39 is 6.04 Å². The first-order valence-electron chi connectivity index (χ1n) is 10.9. The maximum Gasteiger partial charge on any atom is 0.243 e. The van der Waals surface area contributed by atoms with Crippen LogP contribution in [-0.4, -0.2) is 41.7 Å². The molecule has 0 heterocycles. The van der Waals surface area contributed by atoms with E-state index in [4.69, 9.17) is 4.74 Å². The lowest BCUT2D eigenvalue weighted by Gasteiger charge is -2.31. The van der Waals surface area contributed by atoms with Gasteiger partial charge in [-0.2, -0.15) is 0 Å². The largest absolute Gasteiger partial charge is 0.497 e. The van der Waals surface area contributed by atoms with E-state index in [0.717, 1.165) is 33.5 Å². The summed E-state index contributed by atoms with van der Waals surface area (Å²) in [5, 5.41) is 3.04. The predicted octanol–water partition coefficient (Wildman–Crippen LogP) is 5.41. The summed E-state index contributed by atoms with van der Waals surface area (Å²) in [6.45, 7) is 6.32. The van der Waals surface area contributed by atoms with Gasteiger partial charge in [-0.3, -0.25) is 9.59 Å². The molecule has 0 aliphatic rings. The molecule has 174 valence electrons. The van der Waals surface area contributed by atoms with Crippen molar-refractivity contribution < 1.29 is 14.3 Å². The van der Waals surface area contributed by atoms with Crippen LogP contribution < -0.4 is 10.1 Å². The highest BCUT2D eigenvalue weighted by molar-refractivity contribution is 9.10. The lowest BCUT2D eigenvalue weighted by atomic mass is 10.1. The number of carbonyl (C=O) groups excluding carboxylic acids is 2. The SMILES string of the molecule is CCC(C)NC(=O)C(CC)N(Cc1cccc(OC)c1)C(=O)CSCc1ccc(Br)cc1. The normalized spacial score (nSPS) is 12.7. The van der Waals surface area contributed by atoms with E-state index in [9.17, 15) is 9.59 Å². The summed E-state index contributed by atoms with van der Waals surface area (Å²) in [5.41, 5.74) is 2.09. The van der Waals surface area contributed by atoms with E-state index in [-0.39, 0.29) is 17.9 Å². The lowest BCUT2D eigenvalue weighted by molar-refractivity contribution is -0.139. The van der Waals surface area contributed by atoms with E-state index in [1.807, 2.05) is 69.3 Å². The molecule has 0 saturated carbocycles. The molecule has 0 aromatic heterocycles. The van der Waals surface area contributed by atoms with E-state index in [2.05, 4.69) is 21.2 Å². The monoisotopic (exact) mass is 520 g/mol. The van der Waals surface area contributed by atoms with Crippen LogP contribution in [0.3, 0.4) is 0 Å². The van der Waals surface area contributed by atoms with Gasteiger partial charge in [0.05, 0.1) is 12.9 Å². The number of methoxy groups -OCH3 is 1. The topological polar surface area (TPSA) is 58.6 Å². The van der Waals surface area contributed by atoms with Gasteiger partial charge in [0.25, 0.3) is 0 Å². The molecule has 0 bridgehead atoms. The maximum atomic E-state index is 13.3. The van der Waals surface area contributed by atoms with E-state index in [1.165, 1.54) is 0 Å². The molecule has 32 heavy (non-hydrogen) atoms. The molecule has 2 aromatic rings. The summed E-state index contributed by atoms with van der Waals surface area (Å²) in [7, 11) is 1.62. The van der Waals surface area contributed by atoms with E-state index >= 15 is 0 Å². The Morgan fingerprint density at radius 2 is 1.81 bits per heavy atom. The zero-order valence-electron chi connectivity index (χ0n) is 19.3. The first-order chi connectivity index (χ1) is 15.4. The third kappa shape index (κ3) is 8.17. The van der Waals surface area contributed by atoms with Crippen molar-refractivity contribution in [2.75, 3.05) is 12.9 Å². The fraction of sp³-hybridized carbons (Fsp3) is 0.440. The van der Waals surface area contributed by atoms with Gasteiger partial charge in [0.15, 0.2) is 0 Å². The van der Waals surface area contributed by atoms with E-state index in [1.54, 1.807) is 23.8 Å². The average Bonchev–Trinajstić information content (AvgIpc) is 2.80. The van der Waals surface area contributed by atoms with Crippen molar-refractivity contribution >= 4 is 39.5 Å². The predicted molar refractivity (Wildman–Crippen MR) is 136 cm³/mol. The summed E-state index contributed by atoms with van der Waals surface area (Å²) in [5.74, 6) is 1.64. The van der Waals surface area contributed by atoms with Crippen molar-refractivity contribution in [2.45, 2.75) is 58.0 Å². The number of amides is 2. The van der Waals surface area contributed by atoms with Crippen LogP contribution in [0.1, 0.15) is 44.7 Å². The Bertz CT molecular complexity index is 876. The van der Waals surface area contributed by atoms with Crippen molar-refractivity contribution in [1.29, 1.82) is 0 Å². The lowest BCUT2D eigenvalue weighted by Crippen LogP contribution is -2.51. The third-order valence-corrected chi connectivity index (χ3v) is 6.80. The number of hydrogen-bond donors (Lipinski definition) is 1. The number of thioether (sulfide) groups is 1. The number of nitrogens with one attached hydrogen (secondary N) is 1. The second-order valence-electron chi connectivity index (χ2n) is 7.73. The number of rotatable bonds is 12. The molecular weight excluding hydrogens is 488 g/mol. The van der Waals surface area contributed by atoms with Crippen molar-refractivity contribution in [2.24, 2.45) is 0 Å². The van der Waals surface area contributed by atoms with Crippen LogP contribution in [0, 0.1) is 0 Å². The molecule has 2 amide bonds. The molecule has 0 spiro atoms. The summed E-state index contributed by atoms with van der Waals surface area (Å²) >= 11 is 5.00. The van der Waals surface area contributed by atoms with Crippen LogP contribution in [0.5, 0.6) is 5.75 Å². The highest BCUT2D eigenvalue weighted by atomic mass is 79.9. The molecular formula is C25H33BrN2O3S. The van der Waals surface area contributed by atoms with E-state index in [0.29, 0.717) is 18.7 Å². The molecule has 1 N–H and O–H groups in total. The molecule has 2 rings (SSSR count). The number of benzene rings is 2. The number of hydrogen-bond acceptors (Lipinski definition) is 4. The van der Waals surface area contributed by atoms with Crippen molar-refractivity contribution in [3.05, 3.63) is 64.1 Å². The molecule has 2 unspecified atom stereocenters. The number of carbonyl (C=O) groups is 2. The molecule has 0 aliphatic carbocycles. The van der Waals surface area contributed by atoms with Gasteiger partial charge in [0.2, 0.25) is 11.8 Å². The van der Waals surface area contributed by atoms with Crippen molar-refractivity contribution in [3.8, 4) is 5.75 Å². The summed E-state index contributed by atoms with van der Waals surface area (Å²) in [6.07, 6.45) is 1.39. The Morgan fingerprint density at radius 1 is 1.09 bits per heavy atom. The highest BCUT2D eigenvalue weighted by Crippen LogP contribution is 2.20. The van der Waals surface area contributed by atoms with Crippen LogP contribution in [0.25, 0.3) is 0 Å².